The summed E-state index contributed by atoms with van der Waals surface area (Å²) in [6.45, 7) is 3.81. The average Bonchev–Trinajstić information content (AvgIpc) is 3.09. The first-order valence-corrected chi connectivity index (χ1v) is 7.06. The zero-order chi connectivity index (χ0) is 15.7. The van der Waals surface area contributed by atoms with E-state index in [2.05, 4.69) is 25.3 Å². The van der Waals surface area contributed by atoms with Crippen molar-refractivity contribution in [2.45, 2.75) is 13.8 Å². The summed E-state index contributed by atoms with van der Waals surface area (Å²) in [5.74, 6) is 0.238. The van der Waals surface area contributed by atoms with Gasteiger partial charge in [0.1, 0.15) is 12.7 Å². The van der Waals surface area contributed by atoms with E-state index in [-0.39, 0.29) is 17.3 Å². The van der Waals surface area contributed by atoms with Gasteiger partial charge < -0.3 is 5.32 Å². The predicted molar refractivity (Wildman–Crippen MR) is 80.7 cm³/mol. The molecule has 0 unspecified atom stereocenters. The summed E-state index contributed by atoms with van der Waals surface area (Å²) < 4.78 is 1.46. The van der Waals surface area contributed by atoms with E-state index >= 15 is 0 Å². The lowest BCUT2D eigenvalue weighted by atomic mass is 10.4. The Morgan fingerprint density at radius 3 is 2.77 bits per heavy atom. The highest BCUT2D eigenvalue weighted by Crippen LogP contribution is 2.31. The van der Waals surface area contributed by atoms with Crippen molar-refractivity contribution < 1.29 is 4.92 Å². The Kier molecular flexibility index (Phi) is 3.51. The second kappa shape index (κ2) is 5.48. The van der Waals surface area contributed by atoms with Gasteiger partial charge in [-0.05, 0) is 13.8 Å². The number of anilines is 2. The molecule has 0 radical (unpaired) electrons. The highest BCUT2D eigenvalue weighted by molar-refractivity contribution is 7.15. The SMILES string of the molecule is Cc1nc(Nc2ncnc(-n3ccnc3)c2[N+](=O)[O-])sc1C. The van der Waals surface area contributed by atoms with E-state index in [4.69, 9.17) is 0 Å². The Bertz CT molecular complexity index is 809. The van der Waals surface area contributed by atoms with Crippen molar-refractivity contribution in [1.82, 2.24) is 24.5 Å². The number of nitrogens with one attached hydrogen (secondary N) is 1. The Morgan fingerprint density at radius 1 is 1.36 bits per heavy atom. The Labute approximate surface area is 128 Å². The molecule has 0 fully saturated rings. The van der Waals surface area contributed by atoms with Gasteiger partial charge in [-0.2, -0.15) is 0 Å². The maximum atomic E-state index is 11.4. The molecule has 9 nitrogen and oxygen atoms in total. The molecule has 0 atom stereocenters. The molecule has 0 aliphatic heterocycles. The summed E-state index contributed by atoms with van der Waals surface area (Å²) in [6, 6.07) is 0. The Hall–Kier alpha value is -2.88. The number of nitro groups is 1. The van der Waals surface area contributed by atoms with Gasteiger partial charge in [-0.25, -0.2) is 19.9 Å². The van der Waals surface area contributed by atoms with Crippen LogP contribution in [-0.4, -0.2) is 29.4 Å². The minimum atomic E-state index is -0.523. The fraction of sp³-hybridized carbons (Fsp3) is 0.167. The summed E-state index contributed by atoms with van der Waals surface area (Å²) in [6.07, 6.45) is 5.80. The molecule has 0 aromatic carbocycles. The van der Waals surface area contributed by atoms with Gasteiger partial charge >= 0.3 is 5.69 Å². The Balaban J connectivity index is 2.07. The molecule has 3 aromatic heterocycles. The lowest BCUT2D eigenvalue weighted by Gasteiger charge is -2.06. The molecule has 10 heteroatoms. The van der Waals surface area contributed by atoms with E-state index in [0.717, 1.165) is 10.6 Å². The molecular formula is C12H11N7O2S. The van der Waals surface area contributed by atoms with Gasteiger partial charge in [-0.15, -0.1) is 11.3 Å². The molecule has 0 aliphatic rings. The van der Waals surface area contributed by atoms with E-state index < -0.39 is 4.92 Å². The van der Waals surface area contributed by atoms with Crippen molar-refractivity contribution in [1.29, 1.82) is 0 Å². The molecule has 3 aromatic rings. The van der Waals surface area contributed by atoms with E-state index in [1.165, 1.54) is 34.8 Å². The van der Waals surface area contributed by atoms with Crippen LogP contribution < -0.4 is 5.32 Å². The molecule has 0 saturated heterocycles. The zero-order valence-electron chi connectivity index (χ0n) is 11.7. The van der Waals surface area contributed by atoms with E-state index in [1.54, 1.807) is 6.20 Å². The third-order valence-corrected chi connectivity index (χ3v) is 3.98. The summed E-state index contributed by atoms with van der Waals surface area (Å²) in [7, 11) is 0. The maximum Gasteiger partial charge on any atom is 0.354 e. The van der Waals surface area contributed by atoms with E-state index in [9.17, 15) is 10.1 Å². The standard InChI is InChI=1S/C12H11N7O2S/c1-7-8(2)22-12(16-7)17-10-9(19(20)21)11(15-5-14-10)18-4-3-13-6-18/h3-6H,1-2H3,(H,14,15,16,17). The van der Waals surface area contributed by atoms with Gasteiger partial charge in [0, 0.05) is 17.3 Å². The van der Waals surface area contributed by atoms with Gasteiger partial charge in [0.25, 0.3) is 0 Å². The highest BCUT2D eigenvalue weighted by atomic mass is 32.1. The van der Waals surface area contributed by atoms with Gasteiger partial charge in [0.15, 0.2) is 5.13 Å². The summed E-state index contributed by atoms with van der Waals surface area (Å²) in [5.41, 5.74) is 0.644. The molecule has 0 saturated carbocycles. The monoisotopic (exact) mass is 317 g/mol. The van der Waals surface area contributed by atoms with E-state index in [0.29, 0.717) is 5.13 Å². The van der Waals surface area contributed by atoms with Crippen LogP contribution in [0.1, 0.15) is 10.6 Å². The molecule has 0 bridgehead atoms. The molecule has 0 spiro atoms. The molecule has 3 rings (SSSR count). The first kappa shape index (κ1) is 14.1. The molecule has 1 N–H and O–H groups in total. The van der Waals surface area contributed by atoms with Crippen molar-refractivity contribution in [2.75, 3.05) is 5.32 Å². The largest absolute Gasteiger partial charge is 0.354 e. The number of hydrogen-bond acceptors (Lipinski definition) is 8. The third-order valence-electron chi connectivity index (χ3n) is 2.99. The van der Waals surface area contributed by atoms with Crippen molar-refractivity contribution >= 4 is 28.0 Å². The van der Waals surface area contributed by atoms with Crippen molar-refractivity contribution in [2.24, 2.45) is 0 Å². The van der Waals surface area contributed by atoms with Crippen LogP contribution in [0.5, 0.6) is 0 Å². The van der Waals surface area contributed by atoms with Gasteiger partial charge in [0.05, 0.1) is 10.6 Å². The average molecular weight is 317 g/mol. The van der Waals surface area contributed by atoms with Crippen LogP contribution in [-0.2, 0) is 0 Å². The van der Waals surface area contributed by atoms with Crippen LogP contribution in [0.4, 0.5) is 16.6 Å². The number of imidazole rings is 1. The first-order chi connectivity index (χ1) is 10.6. The minimum Gasteiger partial charge on any atom is -0.310 e. The fourth-order valence-corrected chi connectivity index (χ4v) is 2.64. The number of aryl methyl sites for hydroxylation is 2. The third kappa shape index (κ3) is 2.51. The first-order valence-electron chi connectivity index (χ1n) is 6.25. The van der Waals surface area contributed by atoms with Crippen LogP contribution in [0, 0.1) is 24.0 Å². The summed E-state index contributed by atoms with van der Waals surface area (Å²) >= 11 is 1.41. The van der Waals surface area contributed by atoms with Crippen LogP contribution in [0.3, 0.4) is 0 Å². The summed E-state index contributed by atoms with van der Waals surface area (Å²) in [4.78, 5) is 28.1. The normalized spacial score (nSPS) is 10.6. The van der Waals surface area contributed by atoms with Crippen molar-refractivity contribution in [3.05, 3.63) is 45.7 Å². The van der Waals surface area contributed by atoms with Gasteiger partial charge in [-0.3, -0.25) is 14.7 Å². The number of nitrogens with zero attached hydrogens (tertiary/aromatic N) is 6. The van der Waals surface area contributed by atoms with Crippen LogP contribution in [0.15, 0.2) is 25.0 Å². The molecular weight excluding hydrogens is 306 g/mol. The number of aromatic nitrogens is 5. The van der Waals surface area contributed by atoms with Crippen molar-refractivity contribution in [3.8, 4) is 5.82 Å². The molecule has 112 valence electrons. The zero-order valence-corrected chi connectivity index (χ0v) is 12.5. The molecule has 0 aliphatic carbocycles. The second-order valence-corrected chi connectivity index (χ2v) is 5.61. The smallest absolute Gasteiger partial charge is 0.310 e. The molecule has 22 heavy (non-hydrogen) atoms. The lowest BCUT2D eigenvalue weighted by Crippen LogP contribution is -2.06. The molecule has 0 amide bonds. The fourth-order valence-electron chi connectivity index (χ4n) is 1.83. The van der Waals surface area contributed by atoms with E-state index in [1.807, 2.05) is 13.8 Å². The topological polar surface area (TPSA) is 112 Å². The quantitative estimate of drug-likeness (QED) is 0.580. The summed E-state index contributed by atoms with van der Waals surface area (Å²) in [5, 5.41) is 14.9. The second-order valence-electron chi connectivity index (χ2n) is 4.41. The maximum absolute atomic E-state index is 11.4. The van der Waals surface area contributed by atoms with Crippen LogP contribution in [0.25, 0.3) is 5.82 Å². The van der Waals surface area contributed by atoms with Crippen LogP contribution >= 0.6 is 11.3 Å². The Morgan fingerprint density at radius 2 is 2.18 bits per heavy atom. The number of thiazole rings is 1. The number of hydrogen-bond donors (Lipinski definition) is 1. The minimum absolute atomic E-state index is 0.0949. The molecule has 3 heterocycles. The van der Waals surface area contributed by atoms with Crippen LogP contribution in [0.2, 0.25) is 0 Å². The predicted octanol–water partition coefficient (Wildman–Crippen LogP) is 2.39. The number of rotatable bonds is 4. The van der Waals surface area contributed by atoms with Gasteiger partial charge in [-0.1, -0.05) is 0 Å². The van der Waals surface area contributed by atoms with Gasteiger partial charge in [0.2, 0.25) is 11.6 Å². The van der Waals surface area contributed by atoms with Crippen molar-refractivity contribution in [3.63, 3.8) is 0 Å². The highest BCUT2D eigenvalue weighted by Gasteiger charge is 2.25. The lowest BCUT2D eigenvalue weighted by molar-refractivity contribution is -0.384.